The first-order chi connectivity index (χ1) is 9.42. The second-order valence-electron chi connectivity index (χ2n) is 6.43. The lowest BCUT2D eigenvalue weighted by molar-refractivity contribution is 0.0131. The molecule has 0 bridgehead atoms. The Hall–Kier alpha value is -1.51. The molecule has 20 heavy (non-hydrogen) atoms. The molecule has 1 aromatic rings. The van der Waals surface area contributed by atoms with E-state index in [4.69, 9.17) is 4.74 Å². The lowest BCUT2D eigenvalue weighted by Crippen LogP contribution is -2.43. The Kier molecular flexibility index (Phi) is 4.36. The van der Waals surface area contributed by atoms with Crippen molar-refractivity contribution in [1.82, 2.24) is 4.90 Å². The van der Waals surface area contributed by atoms with Crippen molar-refractivity contribution in [2.45, 2.75) is 58.6 Å². The van der Waals surface area contributed by atoms with Crippen molar-refractivity contribution in [3.05, 3.63) is 35.4 Å². The van der Waals surface area contributed by atoms with Crippen LogP contribution < -0.4 is 0 Å². The molecule has 0 aromatic heterocycles. The summed E-state index contributed by atoms with van der Waals surface area (Å²) in [6.07, 6.45) is 2.76. The van der Waals surface area contributed by atoms with Crippen molar-refractivity contribution in [3.63, 3.8) is 0 Å². The van der Waals surface area contributed by atoms with E-state index >= 15 is 0 Å². The van der Waals surface area contributed by atoms with E-state index < -0.39 is 5.60 Å². The zero-order valence-corrected chi connectivity index (χ0v) is 13.0. The smallest absolute Gasteiger partial charge is 0.410 e. The van der Waals surface area contributed by atoms with Gasteiger partial charge in [0.05, 0.1) is 6.04 Å². The third-order valence-corrected chi connectivity index (χ3v) is 3.60. The van der Waals surface area contributed by atoms with Gasteiger partial charge in [-0.1, -0.05) is 37.6 Å². The molecular formula is C17H25NO2. The molecule has 0 saturated carbocycles. The average molecular weight is 275 g/mol. The van der Waals surface area contributed by atoms with E-state index in [1.165, 1.54) is 11.1 Å². The maximum Gasteiger partial charge on any atom is 0.410 e. The molecule has 1 atom stereocenters. The largest absolute Gasteiger partial charge is 0.444 e. The number of carbonyl (C=O) groups is 1. The Balaban J connectivity index is 2.24. The quantitative estimate of drug-likeness (QED) is 0.804. The van der Waals surface area contributed by atoms with Gasteiger partial charge in [0.1, 0.15) is 5.60 Å². The number of hydrogen-bond donors (Lipinski definition) is 0. The Labute approximate surface area is 121 Å². The Morgan fingerprint density at radius 3 is 2.70 bits per heavy atom. The Bertz CT molecular complexity index is 476. The van der Waals surface area contributed by atoms with Crippen molar-refractivity contribution >= 4 is 6.09 Å². The van der Waals surface area contributed by atoms with E-state index in [0.717, 1.165) is 25.8 Å². The lowest BCUT2D eigenvalue weighted by Gasteiger charge is -2.38. The number of ether oxygens (including phenoxy) is 1. The van der Waals surface area contributed by atoms with Crippen molar-refractivity contribution in [1.29, 1.82) is 0 Å². The van der Waals surface area contributed by atoms with Crippen LogP contribution in [-0.4, -0.2) is 23.1 Å². The number of rotatable bonds is 2. The van der Waals surface area contributed by atoms with Crippen LogP contribution in [0.5, 0.6) is 0 Å². The molecule has 0 N–H and O–H groups in total. The lowest BCUT2D eigenvalue weighted by atomic mass is 9.90. The molecule has 0 unspecified atom stereocenters. The Morgan fingerprint density at radius 2 is 2.05 bits per heavy atom. The Morgan fingerprint density at radius 1 is 1.35 bits per heavy atom. The summed E-state index contributed by atoms with van der Waals surface area (Å²) in [6, 6.07) is 8.60. The highest BCUT2D eigenvalue weighted by atomic mass is 16.6. The summed E-state index contributed by atoms with van der Waals surface area (Å²) >= 11 is 0. The molecule has 0 fully saturated rings. The third-order valence-electron chi connectivity index (χ3n) is 3.60. The van der Waals surface area contributed by atoms with Gasteiger partial charge in [-0.2, -0.15) is 0 Å². The minimum Gasteiger partial charge on any atom is -0.444 e. The van der Waals surface area contributed by atoms with Gasteiger partial charge >= 0.3 is 6.09 Å². The normalized spacial score (nSPS) is 18.6. The van der Waals surface area contributed by atoms with Crippen LogP contribution in [0.2, 0.25) is 0 Å². The number of nitrogens with zero attached hydrogens (tertiary/aromatic N) is 1. The molecule has 3 heteroatoms. The summed E-state index contributed by atoms with van der Waals surface area (Å²) < 4.78 is 5.56. The highest BCUT2D eigenvalue weighted by molar-refractivity contribution is 5.69. The van der Waals surface area contributed by atoms with Gasteiger partial charge in [0.2, 0.25) is 0 Å². The highest BCUT2D eigenvalue weighted by Gasteiger charge is 2.32. The second-order valence-corrected chi connectivity index (χ2v) is 6.43. The number of hydrogen-bond acceptors (Lipinski definition) is 2. The number of benzene rings is 1. The summed E-state index contributed by atoms with van der Waals surface area (Å²) in [5, 5.41) is 0. The molecule has 1 amide bonds. The molecule has 1 aliphatic rings. The first kappa shape index (κ1) is 14.9. The standard InChI is InChI=1S/C17H25NO2/c1-5-8-15-14-10-7-6-9-13(14)11-12-18(15)16(19)20-17(2,3)4/h6-7,9-10,15H,5,8,11-12H2,1-4H3/t15-/m0/s1. The van der Waals surface area contributed by atoms with Crippen LogP contribution in [0.15, 0.2) is 24.3 Å². The van der Waals surface area contributed by atoms with Gasteiger partial charge in [-0.15, -0.1) is 0 Å². The zero-order chi connectivity index (χ0) is 14.8. The van der Waals surface area contributed by atoms with Crippen molar-refractivity contribution in [2.75, 3.05) is 6.54 Å². The fraction of sp³-hybridized carbons (Fsp3) is 0.588. The molecule has 0 spiro atoms. The monoisotopic (exact) mass is 275 g/mol. The SMILES string of the molecule is CCC[C@H]1c2ccccc2CCN1C(=O)OC(C)(C)C. The predicted octanol–water partition coefficient (Wildman–Crippen LogP) is 4.32. The zero-order valence-electron chi connectivity index (χ0n) is 13.0. The van der Waals surface area contributed by atoms with Crippen LogP contribution in [0.1, 0.15) is 57.7 Å². The van der Waals surface area contributed by atoms with Gasteiger partial charge in [0, 0.05) is 6.54 Å². The summed E-state index contributed by atoms with van der Waals surface area (Å²) in [4.78, 5) is 14.3. The van der Waals surface area contributed by atoms with Gasteiger partial charge in [-0.05, 0) is 44.7 Å². The van der Waals surface area contributed by atoms with Crippen LogP contribution >= 0.6 is 0 Å². The number of carbonyl (C=O) groups excluding carboxylic acids is 1. The molecule has 1 heterocycles. The molecule has 1 aliphatic heterocycles. The molecule has 0 aliphatic carbocycles. The number of fused-ring (bicyclic) bond motifs is 1. The summed E-state index contributed by atoms with van der Waals surface area (Å²) in [7, 11) is 0. The molecule has 3 nitrogen and oxygen atoms in total. The topological polar surface area (TPSA) is 29.5 Å². The highest BCUT2D eigenvalue weighted by Crippen LogP contribution is 2.33. The summed E-state index contributed by atoms with van der Waals surface area (Å²) in [5.41, 5.74) is 2.21. The fourth-order valence-electron chi connectivity index (χ4n) is 2.78. The predicted molar refractivity (Wildman–Crippen MR) is 80.7 cm³/mol. The van der Waals surface area contributed by atoms with Gasteiger partial charge in [-0.25, -0.2) is 4.79 Å². The van der Waals surface area contributed by atoms with Crippen LogP contribution in [0.4, 0.5) is 4.79 Å². The molecular weight excluding hydrogens is 250 g/mol. The van der Waals surface area contributed by atoms with E-state index in [1.807, 2.05) is 25.7 Å². The van der Waals surface area contributed by atoms with Crippen LogP contribution in [0, 0.1) is 0 Å². The summed E-state index contributed by atoms with van der Waals surface area (Å²) in [6.45, 7) is 8.65. The van der Waals surface area contributed by atoms with E-state index in [2.05, 4.69) is 31.2 Å². The number of amides is 1. The minimum atomic E-state index is -0.440. The van der Waals surface area contributed by atoms with E-state index in [0.29, 0.717) is 0 Å². The summed E-state index contributed by atoms with van der Waals surface area (Å²) in [5.74, 6) is 0. The third kappa shape index (κ3) is 3.33. The van der Waals surface area contributed by atoms with E-state index in [-0.39, 0.29) is 12.1 Å². The maximum atomic E-state index is 12.4. The maximum absolute atomic E-state index is 12.4. The first-order valence-electron chi connectivity index (χ1n) is 7.50. The molecule has 1 aromatic carbocycles. The van der Waals surface area contributed by atoms with Gasteiger partial charge in [-0.3, -0.25) is 0 Å². The van der Waals surface area contributed by atoms with Crippen molar-refractivity contribution in [3.8, 4) is 0 Å². The molecule has 0 saturated heterocycles. The van der Waals surface area contributed by atoms with Crippen LogP contribution in [0.3, 0.4) is 0 Å². The molecule has 110 valence electrons. The van der Waals surface area contributed by atoms with Crippen molar-refractivity contribution < 1.29 is 9.53 Å². The fourth-order valence-corrected chi connectivity index (χ4v) is 2.78. The van der Waals surface area contributed by atoms with Gasteiger partial charge < -0.3 is 9.64 Å². The average Bonchev–Trinajstić information content (AvgIpc) is 2.37. The van der Waals surface area contributed by atoms with Crippen LogP contribution in [0.25, 0.3) is 0 Å². The van der Waals surface area contributed by atoms with E-state index in [1.54, 1.807) is 0 Å². The van der Waals surface area contributed by atoms with Gasteiger partial charge in [0.15, 0.2) is 0 Å². The molecule has 0 radical (unpaired) electrons. The second kappa shape index (κ2) is 5.86. The van der Waals surface area contributed by atoms with Crippen molar-refractivity contribution in [2.24, 2.45) is 0 Å². The minimum absolute atomic E-state index is 0.153. The van der Waals surface area contributed by atoms with Gasteiger partial charge in [0.25, 0.3) is 0 Å². The first-order valence-corrected chi connectivity index (χ1v) is 7.50. The molecule has 2 rings (SSSR count). The van der Waals surface area contributed by atoms with E-state index in [9.17, 15) is 4.79 Å². The van der Waals surface area contributed by atoms with Crippen LogP contribution in [-0.2, 0) is 11.2 Å².